The number of anilines is 2. The quantitative estimate of drug-likeness (QED) is 0.683. The van der Waals surface area contributed by atoms with E-state index in [-0.39, 0.29) is 0 Å². The summed E-state index contributed by atoms with van der Waals surface area (Å²) in [5, 5.41) is 4.46. The highest BCUT2D eigenvalue weighted by molar-refractivity contribution is 7.80. The van der Waals surface area contributed by atoms with E-state index in [0.29, 0.717) is 42.0 Å². The molecule has 1 aliphatic heterocycles. The molecule has 1 saturated heterocycles. The lowest BCUT2D eigenvalue weighted by atomic mass is 10.1. The van der Waals surface area contributed by atoms with E-state index in [1.54, 1.807) is 6.07 Å². The summed E-state index contributed by atoms with van der Waals surface area (Å²) in [6.07, 6.45) is -4.34. The Morgan fingerprint density at radius 2 is 1.74 bits per heavy atom. The van der Waals surface area contributed by atoms with Gasteiger partial charge in [0.15, 0.2) is 5.11 Å². The van der Waals surface area contributed by atoms with E-state index < -0.39 is 11.7 Å². The molecular formula is C19H19ClF3N3S. The summed E-state index contributed by atoms with van der Waals surface area (Å²) >= 11 is 11.6. The molecule has 1 N–H and O–H groups in total. The van der Waals surface area contributed by atoms with E-state index in [2.05, 4.69) is 5.32 Å². The maximum atomic E-state index is 12.9. The van der Waals surface area contributed by atoms with Crippen LogP contribution in [-0.4, -0.2) is 36.2 Å². The lowest BCUT2D eigenvalue weighted by molar-refractivity contribution is -0.137. The first kappa shape index (κ1) is 19.8. The van der Waals surface area contributed by atoms with Crippen LogP contribution < -0.4 is 10.2 Å². The van der Waals surface area contributed by atoms with Crippen LogP contribution in [0.3, 0.4) is 0 Å². The van der Waals surface area contributed by atoms with Gasteiger partial charge < -0.3 is 15.1 Å². The van der Waals surface area contributed by atoms with Gasteiger partial charge in [-0.05, 0) is 55.0 Å². The van der Waals surface area contributed by atoms with Crippen molar-refractivity contribution in [2.75, 3.05) is 36.4 Å². The van der Waals surface area contributed by atoms with E-state index in [9.17, 15) is 13.2 Å². The third-order valence-electron chi connectivity index (χ3n) is 4.61. The third kappa shape index (κ3) is 4.65. The van der Waals surface area contributed by atoms with Gasteiger partial charge in [-0.25, -0.2) is 0 Å². The molecule has 0 bridgehead atoms. The third-order valence-corrected chi connectivity index (χ3v) is 5.38. The lowest BCUT2D eigenvalue weighted by Gasteiger charge is -2.37. The molecule has 0 aromatic heterocycles. The second-order valence-electron chi connectivity index (χ2n) is 6.36. The number of halogens is 4. The van der Waals surface area contributed by atoms with Crippen LogP contribution >= 0.6 is 23.8 Å². The molecule has 0 spiro atoms. The molecule has 0 amide bonds. The van der Waals surface area contributed by atoms with E-state index >= 15 is 0 Å². The zero-order valence-corrected chi connectivity index (χ0v) is 16.3. The molecule has 0 unspecified atom stereocenters. The predicted molar refractivity (Wildman–Crippen MR) is 108 cm³/mol. The largest absolute Gasteiger partial charge is 0.416 e. The minimum atomic E-state index is -4.34. The number of benzene rings is 2. The smallest absolute Gasteiger partial charge is 0.368 e. The van der Waals surface area contributed by atoms with Crippen LogP contribution in [0, 0.1) is 6.92 Å². The van der Waals surface area contributed by atoms with Gasteiger partial charge >= 0.3 is 6.18 Å². The Morgan fingerprint density at radius 1 is 1.07 bits per heavy atom. The molecule has 3 nitrogen and oxygen atoms in total. The zero-order chi connectivity index (χ0) is 19.6. The minimum Gasteiger partial charge on any atom is -0.368 e. The summed E-state index contributed by atoms with van der Waals surface area (Å²) in [4.78, 5) is 3.96. The van der Waals surface area contributed by atoms with Gasteiger partial charge in [0.05, 0.1) is 5.56 Å². The standard InChI is InChI=1S/C19H19ClF3N3S/c1-13-16(20)6-3-7-17(13)24-18(27)26-10-8-25(9-11-26)15-5-2-4-14(12-15)19(21,22)23/h2-7,12H,8-11H2,1H3,(H,24,27). The summed E-state index contributed by atoms with van der Waals surface area (Å²) in [6.45, 7) is 4.36. The predicted octanol–water partition coefficient (Wildman–Crippen LogP) is 5.19. The number of hydrogen-bond acceptors (Lipinski definition) is 2. The van der Waals surface area contributed by atoms with Crippen molar-refractivity contribution in [2.24, 2.45) is 0 Å². The number of nitrogens with one attached hydrogen (secondary N) is 1. The van der Waals surface area contributed by atoms with E-state index in [4.69, 9.17) is 23.8 Å². The lowest BCUT2D eigenvalue weighted by Crippen LogP contribution is -2.50. The zero-order valence-electron chi connectivity index (χ0n) is 14.7. The van der Waals surface area contributed by atoms with Crippen LogP contribution in [0.25, 0.3) is 0 Å². The molecule has 1 aliphatic rings. The molecule has 2 aromatic carbocycles. The molecule has 0 radical (unpaired) electrons. The fourth-order valence-electron chi connectivity index (χ4n) is 2.98. The molecule has 0 aliphatic carbocycles. The van der Waals surface area contributed by atoms with Crippen molar-refractivity contribution >= 4 is 40.3 Å². The van der Waals surface area contributed by atoms with Gasteiger partial charge in [0, 0.05) is 42.6 Å². The SMILES string of the molecule is Cc1c(Cl)cccc1NC(=S)N1CCN(c2cccc(C(F)(F)F)c2)CC1. The Balaban J connectivity index is 1.62. The Labute approximate surface area is 166 Å². The average Bonchev–Trinajstić information content (AvgIpc) is 2.65. The molecule has 2 aromatic rings. The number of hydrogen-bond donors (Lipinski definition) is 1. The molecule has 0 saturated carbocycles. The fourth-order valence-corrected chi connectivity index (χ4v) is 3.45. The van der Waals surface area contributed by atoms with Crippen molar-refractivity contribution in [1.82, 2.24) is 4.90 Å². The van der Waals surface area contributed by atoms with Crippen LogP contribution in [0.15, 0.2) is 42.5 Å². The van der Waals surface area contributed by atoms with Crippen molar-refractivity contribution in [3.63, 3.8) is 0 Å². The Kier molecular flexibility index (Phi) is 5.81. The fraction of sp³-hybridized carbons (Fsp3) is 0.316. The highest BCUT2D eigenvalue weighted by atomic mass is 35.5. The van der Waals surface area contributed by atoms with Crippen molar-refractivity contribution < 1.29 is 13.2 Å². The van der Waals surface area contributed by atoms with Gasteiger partial charge in [-0.15, -0.1) is 0 Å². The molecule has 3 rings (SSSR count). The van der Waals surface area contributed by atoms with Gasteiger partial charge in [-0.2, -0.15) is 13.2 Å². The van der Waals surface area contributed by atoms with Crippen LogP contribution in [-0.2, 0) is 6.18 Å². The Bertz CT molecular complexity index is 833. The maximum absolute atomic E-state index is 12.9. The summed E-state index contributed by atoms with van der Waals surface area (Å²) in [5.74, 6) is 0. The van der Waals surface area contributed by atoms with Gasteiger partial charge in [-0.3, -0.25) is 0 Å². The van der Waals surface area contributed by atoms with E-state index in [0.717, 1.165) is 17.3 Å². The first-order valence-electron chi connectivity index (χ1n) is 8.49. The summed E-state index contributed by atoms with van der Waals surface area (Å²) in [6, 6.07) is 11.0. The van der Waals surface area contributed by atoms with Crippen LogP contribution in [0.1, 0.15) is 11.1 Å². The van der Waals surface area contributed by atoms with Crippen LogP contribution in [0.5, 0.6) is 0 Å². The highest BCUT2D eigenvalue weighted by Gasteiger charge is 2.31. The molecule has 1 fully saturated rings. The Morgan fingerprint density at radius 3 is 2.41 bits per heavy atom. The molecule has 8 heteroatoms. The number of nitrogens with zero attached hydrogens (tertiary/aromatic N) is 2. The second-order valence-corrected chi connectivity index (χ2v) is 7.16. The minimum absolute atomic E-state index is 0.578. The van der Waals surface area contributed by atoms with Gasteiger partial charge in [0.1, 0.15) is 0 Å². The normalized spacial score (nSPS) is 15.0. The number of alkyl halides is 3. The topological polar surface area (TPSA) is 18.5 Å². The molecular weight excluding hydrogens is 395 g/mol. The van der Waals surface area contributed by atoms with Crippen LogP contribution in [0.2, 0.25) is 5.02 Å². The monoisotopic (exact) mass is 413 g/mol. The highest BCUT2D eigenvalue weighted by Crippen LogP contribution is 2.32. The Hall–Kier alpha value is -1.99. The van der Waals surface area contributed by atoms with Gasteiger partial charge in [0.2, 0.25) is 0 Å². The first-order valence-corrected chi connectivity index (χ1v) is 9.27. The number of thiocarbonyl (C=S) groups is 1. The molecule has 144 valence electrons. The maximum Gasteiger partial charge on any atom is 0.416 e. The molecule has 1 heterocycles. The summed E-state index contributed by atoms with van der Waals surface area (Å²) in [5.41, 5.74) is 1.72. The summed E-state index contributed by atoms with van der Waals surface area (Å²) in [7, 11) is 0. The molecule has 0 atom stereocenters. The van der Waals surface area contributed by atoms with Crippen LogP contribution in [0.4, 0.5) is 24.5 Å². The summed E-state index contributed by atoms with van der Waals surface area (Å²) < 4.78 is 38.7. The van der Waals surface area contributed by atoms with Crippen molar-refractivity contribution in [1.29, 1.82) is 0 Å². The first-order chi connectivity index (χ1) is 12.8. The molecule has 27 heavy (non-hydrogen) atoms. The van der Waals surface area contributed by atoms with E-state index in [1.165, 1.54) is 12.1 Å². The number of rotatable bonds is 2. The van der Waals surface area contributed by atoms with Crippen molar-refractivity contribution in [2.45, 2.75) is 13.1 Å². The number of piperazine rings is 1. The van der Waals surface area contributed by atoms with E-state index in [1.807, 2.05) is 34.9 Å². The average molecular weight is 414 g/mol. The van der Waals surface area contributed by atoms with Crippen molar-refractivity contribution in [3.8, 4) is 0 Å². The van der Waals surface area contributed by atoms with Gasteiger partial charge in [-0.1, -0.05) is 23.7 Å². The van der Waals surface area contributed by atoms with Crippen molar-refractivity contribution in [3.05, 3.63) is 58.6 Å². The second kappa shape index (κ2) is 7.94. The van der Waals surface area contributed by atoms with Gasteiger partial charge in [0.25, 0.3) is 0 Å².